The predicted octanol–water partition coefficient (Wildman–Crippen LogP) is 33.3. The summed E-state index contributed by atoms with van der Waals surface area (Å²) < 4.78 is 84.5. The number of carbonyl (C=O) groups excluding carboxylic acids is 6. The maximum absolute atomic E-state index is 15.3. The molecule has 0 aliphatic carbocycles. The highest BCUT2D eigenvalue weighted by Crippen LogP contribution is 2.50. The van der Waals surface area contributed by atoms with E-state index in [0.29, 0.717) is 143 Å². The molecule has 16 aromatic carbocycles. The lowest BCUT2D eigenvalue weighted by Crippen LogP contribution is -2.27. The number of esters is 6. The lowest BCUT2D eigenvalue weighted by atomic mass is 9.93. The van der Waals surface area contributed by atoms with Gasteiger partial charge >= 0.3 is 35.8 Å². The Morgan fingerprint density at radius 2 is 0.313 bits per heavy atom. The number of ether oxygens (including phenoxy) is 12. The summed E-state index contributed by atoms with van der Waals surface area (Å²) in [5.74, 6) is -4.45. The average molecular weight is 2010 g/mol. The molecule has 18 nitrogen and oxygen atoms in total. The lowest BCUT2D eigenvalue weighted by Gasteiger charge is -2.27. The van der Waals surface area contributed by atoms with Crippen molar-refractivity contribution in [1.82, 2.24) is 0 Å². The molecule has 0 aromatic heterocycles. The fraction of sp³-hybridized carbons (Fsp3) is 0.273. The minimum atomic E-state index is -1.36. The zero-order chi connectivity index (χ0) is 105. The van der Waals surface area contributed by atoms with Crippen molar-refractivity contribution in [3.63, 3.8) is 0 Å². The monoisotopic (exact) mass is 2000 g/mol. The van der Waals surface area contributed by atoms with Crippen LogP contribution < -0.4 is 28.4 Å². The molecular weight excluding hydrogens is 1870 g/mol. The van der Waals surface area contributed by atoms with Gasteiger partial charge < -0.3 is 56.8 Å². The van der Waals surface area contributed by atoms with Crippen molar-refractivity contribution in [1.29, 1.82) is 0 Å². The van der Waals surface area contributed by atoms with E-state index < -0.39 is 73.6 Å². The molecular formula is C132H132O18. The molecule has 768 valence electrons. The van der Waals surface area contributed by atoms with Crippen LogP contribution in [0.5, 0.6) is 34.5 Å². The van der Waals surface area contributed by atoms with Crippen LogP contribution in [-0.4, -0.2) is 73.6 Å². The van der Waals surface area contributed by atoms with E-state index in [0.717, 1.165) is 103 Å². The number of carbonyl (C=O) groups is 6. The standard InChI is InChI=1S/C132H132O18/c1-13-19-25-55-121(145-127(133)85(7)97-67-61-91-43-31-37-49-103(91)73-97)139-115-79-109-110(80-116(115)140-122(56-26-20-14-2)146-128(134)86(8)98-68-62-92-44-32-38-50-104(92)74-98)112-82-118(142-124(58-28-22-16-4)148-130(136)88(10)100-70-64-94-46-34-40-52-106(94)76-100)120(144-126(60-30-24-18-6)150-132(138)90(12)102-72-66-96-48-36-42-54-108(96)78-102)84-114(112)113-83-119(143-125(59-29-23-17-5)149-131(137)89(11)101-71-65-95-47-35-41-53-107(95)77-101)117(81-111(109)113)141-123(57-27-21-15-3)147-129(135)87(9)99-69-63-93-45-33-39-51-105(93)75-99/h31-54,61-84,121-126H,7-30,55-60H2,1-6H3. The Labute approximate surface area is 878 Å². The molecule has 16 aromatic rings. The molecule has 0 spiro atoms. The highest BCUT2D eigenvalue weighted by Gasteiger charge is 2.34. The fourth-order valence-electron chi connectivity index (χ4n) is 18.7. The molecule has 0 amide bonds. The van der Waals surface area contributed by atoms with Crippen LogP contribution in [0.2, 0.25) is 0 Å². The summed E-state index contributed by atoms with van der Waals surface area (Å²) in [7, 11) is 0. The third-order valence-electron chi connectivity index (χ3n) is 27.4. The van der Waals surface area contributed by atoms with Crippen LogP contribution in [0.1, 0.15) is 229 Å². The van der Waals surface area contributed by atoms with Gasteiger partial charge in [-0.3, -0.25) is 0 Å². The largest absolute Gasteiger partial charge is 0.451 e. The molecule has 16 rings (SSSR count). The molecule has 6 unspecified atom stereocenters. The molecule has 0 radical (unpaired) electrons. The summed E-state index contributed by atoms with van der Waals surface area (Å²) in [5, 5.41) is 13.6. The van der Waals surface area contributed by atoms with Gasteiger partial charge in [-0.15, -0.1) is 0 Å². The normalized spacial score (nSPS) is 12.6. The van der Waals surface area contributed by atoms with Crippen LogP contribution in [0, 0.1) is 0 Å². The first-order valence-electron chi connectivity index (χ1n) is 52.9. The number of rotatable bonds is 54. The number of hydrogen-bond acceptors (Lipinski definition) is 18. The van der Waals surface area contributed by atoms with E-state index in [1.807, 2.05) is 255 Å². The summed E-state index contributed by atoms with van der Waals surface area (Å²) in [6.07, 6.45) is 4.97. The van der Waals surface area contributed by atoms with E-state index in [-0.39, 0.29) is 106 Å². The summed E-state index contributed by atoms with van der Waals surface area (Å²) in [5.41, 5.74) is 3.60. The van der Waals surface area contributed by atoms with Crippen molar-refractivity contribution < 1.29 is 85.6 Å². The van der Waals surface area contributed by atoms with Gasteiger partial charge in [-0.25, -0.2) is 28.8 Å². The zero-order valence-electron chi connectivity index (χ0n) is 86.7. The van der Waals surface area contributed by atoms with Crippen molar-refractivity contribution in [3.05, 3.63) is 364 Å². The Balaban J connectivity index is 0.957. The molecule has 150 heavy (non-hydrogen) atoms. The van der Waals surface area contributed by atoms with E-state index in [2.05, 4.69) is 81.0 Å². The first-order valence-corrected chi connectivity index (χ1v) is 52.9. The third-order valence-corrected chi connectivity index (χ3v) is 27.4. The highest BCUT2D eigenvalue weighted by molar-refractivity contribution is 6.27. The van der Waals surface area contributed by atoms with Gasteiger partial charge in [0.05, 0.1) is 33.4 Å². The molecule has 0 aliphatic heterocycles. The quantitative estimate of drug-likeness (QED) is 0.00865. The van der Waals surface area contributed by atoms with Gasteiger partial charge in [-0.1, -0.05) is 376 Å². The maximum Gasteiger partial charge on any atom is 0.341 e. The van der Waals surface area contributed by atoms with Gasteiger partial charge in [0.2, 0.25) is 37.7 Å². The lowest BCUT2D eigenvalue weighted by molar-refractivity contribution is -0.161. The smallest absolute Gasteiger partial charge is 0.341 e. The number of unbranched alkanes of at least 4 members (excludes halogenated alkanes) is 12. The van der Waals surface area contributed by atoms with Crippen LogP contribution >= 0.6 is 0 Å². The van der Waals surface area contributed by atoms with Crippen LogP contribution in [0.25, 0.3) is 130 Å². The SMILES string of the molecule is C=C(C(=O)OC(CCCCC)Oc1cc2c3cc(OC(CCCCC)OC(=O)C(=C)c4ccc5ccccc5c4)c(OC(CCCCC)OC(=O)C(=C)c4ccc5ccccc5c4)cc3c3cc(OC(CCCCC)OC(=O)C(=C)c4ccc5ccccc5c4)c(OC(CCCCC)OC(=O)C(=C)c4ccc5ccccc5c4)cc3c2cc1OC(CCCCC)OC(=O)C(=C)c1ccc2ccccc2c1)c1ccc2ccccc2c1. The Hall–Kier alpha value is -16.1. The summed E-state index contributed by atoms with van der Waals surface area (Å²) in [6, 6.07) is 91.6. The second-order valence-electron chi connectivity index (χ2n) is 38.5. The predicted molar refractivity (Wildman–Crippen MR) is 605 cm³/mol. The topological polar surface area (TPSA) is 213 Å². The second kappa shape index (κ2) is 51.5. The van der Waals surface area contributed by atoms with E-state index >= 15 is 28.8 Å². The van der Waals surface area contributed by atoms with E-state index in [9.17, 15) is 0 Å². The molecule has 0 saturated carbocycles. The Bertz CT molecular complexity index is 6520. The highest BCUT2D eigenvalue weighted by atomic mass is 16.7. The zero-order valence-corrected chi connectivity index (χ0v) is 86.7. The van der Waals surface area contributed by atoms with Crippen LogP contribution in [0.15, 0.2) is 331 Å². The molecule has 0 bridgehead atoms. The second-order valence-corrected chi connectivity index (χ2v) is 38.5. The van der Waals surface area contributed by atoms with Crippen molar-refractivity contribution in [2.24, 2.45) is 0 Å². The van der Waals surface area contributed by atoms with E-state index in [1.54, 1.807) is 36.4 Å². The van der Waals surface area contributed by atoms with Gasteiger partial charge in [0.1, 0.15) is 0 Å². The number of fused-ring (bicyclic) bond motifs is 12. The van der Waals surface area contributed by atoms with Crippen molar-refractivity contribution in [3.8, 4) is 34.5 Å². The first-order chi connectivity index (χ1) is 73.0. The minimum absolute atomic E-state index is 0.0163. The molecule has 0 N–H and O–H groups in total. The molecule has 6 atom stereocenters. The van der Waals surface area contributed by atoms with Gasteiger partial charge in [0.15, 0.2) is 34.5 Å². The molecule has 0 fully saturated rings. The number of hydrogen-bond donors (Lipinski definition) is 0. The Morgan fingerprint density at radius 3 is 0.447 bits per heavy atom. The molecule has 18 heteroatoms. The van der Waals surface area contributed by atoms with E-state index in [4.69, 9.17) is 56.8 Å². The minimum Gasteiger partial charge on any atom is -0.451 e. The van der Waals surface area contributed by atoms with Crippen LogP contribution in [-0.2, 0) is 57.2 Å². The molecule has 0 heterocycles. The number of benzene rings is 16. The van der Waals surface area contributed by atoms with Crippen molar-refractivity contribution in [2.45, 2.75) is 233 Å². The summed E-state index contributed by atoms with van der Waals surface area (Å²) in [6.45, 7) is 38.5. The van der Waals surface area contributed by atoms with Crippen LogP contribution in [0.3, 0.4) is 0 Å². The maximum atomic E-state index is 15.3. The van der Waals surface area contributed by atoms with Gasteiger partial charge in [-0.05, 0) is 242 Å². The van der Waals surface area contributed by atoms with Crippen molar-refractivity contribution >= 4 is 166 Å². The third kappa shape index (κ3) is 26.9. The Kier molecular flexibility index (Phi) is 36.6. The van der Waals surface area contributed by atoms with E-state index in [1.165, 1.54) is 0 Å². The summed E-state index contributed by atoms with van der Waals surface area (Å²) >= 11 is 0. The molecule has 0 aliphatic rings. The van der Waals surface area contributed by atoms with Gasteiger partial charge in [-0.2, -0.15) is 0 Å². The summed E-state index contributed by atoms with van der Waals surface area (Å²) in [4.78, 5) is 91.8. The van der Waals surface area contributed by atoms with Crippen LogP contribution in [0.4, 0.5) is 0 Å². The average Bonchev–Trinajstić information content (AvgIpc) is 0.719. The van der Waals surface area contributed by atoms with Gasteiger partial charge in [0.25, 0.3) is 0 Å². The first kappa shape index (κ1) is 107. The van der Waals surface area contributed by atoms with Crippen molar-refractivity contribution in [2.75, 3.05) is 0 Å². The Morgan fingerprint density at radius 1 is 0.180 bits per heavy atom. The molecule has 0 saturated heterocycles. The van der Waals surface area contributed by atoms with Gasteiger partial charge in [0, 0.05) is 38.5 Å². The fourth-order valence-corrected chi connectivity index (χ4v) is 18.7.